The van der Waals surface area contributed by atoms with Gasteiger partial charge in [0, 0.05) is 11.1 Å². The van der Waals surface area contributed by atoms with Crippen molar-refractivity contribution in [2.24, 2.45) is 0 Å². The lowest BCUT2D eigenvalue weighted by Gasteiger charge is -2.00. The zero-order valence-electron chi connectivity index (χ0n) is 7.68. The third-order valence-corrected chi connectivity index (χ3v) is 2.56. The maximum absolute atomic E-state index is 10.6. The number of nitrogens with one attached hydrogen (secondary N) is 1. The average molecular weight is 220 g/mol. The van der Waals surface area contributed by atoms with Crippen LogP contribution >= 0.6 is 11.3 Å². The summed E-state index contributed by atoms with van der Waals surface area (Å²) in [5.74, 6) is -0.440. The predicted molar refractivity (Wildman–Crippen MR) is 58.8 cm³/mol. The van der Waals surface area contributed by atoms with E-state index in [-0.39, 0.29) is 5.01 Å². The van der Waals surface area contributed by atoms with Crippen molar-refractivity contribution < 1.29 is 9.90 Å². The number of aromatic nitrogens is 1. The first-order valence-corrected chi connectivity index (χ1v) is 5.14. The molecule has 1 aromatic heterocycles. The summed E-state index contributed by atoms with van der Waals surface area (Å²) in [5.41, 5.74) is 0.889. The summed E-state index contributed by atoms with van der Waals surface area (Å²) < 4.78 is 0. The fraction of sp³-hybridized carbons (Fsp3) is 0. The molecule has 4 nitrogen and oxygen atoms in total. The molecule has 76 valence electrons. The maximum atomic E-state index is 10.6. The minimum atomic E-state index is -0.999. The van der Waals surface area contributed by atoms with Crippen molar-refractivity contribution in [2.45, 2.75) is 0 Å². The van der Waals surface area contributed by atoms with Crippen LogP contribution in [-0.4, -0.2) is 16.1 Å². The van der Waals surface area contributed by atoms with Gasteiger partial charge in [-0.3, -0.25) is 0 Å². The minimum absolute atomic E-state index is 0.0911. The number of hydrogen-bond donors (Lipinski definition) is 2. The van der Waals surface area contributed by atoms with Crippen molar-refractivity contribution >= 4 is 28.8 Å². The Kier molecular flexibility index (Phi) is 2.64. The summed E-state index contributed by atoms with van der Waals surface area (Å²) in [4.78, 5) is 14.5. The van der Waals surface area contributed by atoms with Crippen molar-refractivity contribution in [3.63, 3.8) is 0 Å². The molecule has 2 N–H and O–H groups in total. The first kappa shape index (κ1) is 9.67. The van der Waals surface area contributed by atoms with Crippen LogP contribution in [0, 0.1) is 0 Å². The van der Waals surface area contributed by atoms with Gasteiger partial charge >= 0.3 is 5.97 Å². The van der Waals surface area contributed by atoms with E-state index in [1.165, 1.54) is 0 Å². The van der Waals surface area contributed by atoms with E-state index < -0.39 is 5.97 Å². The second kappa shape index (κ2) is 4.10. The Labute approximate surface area is 90.2 Å². The third-order valence-electron chi connectivity index (χ3n) is 1.73. The van der Waals surface area contributed by atoms with Gasteiger partial charge in [0.2, 0.25) is 5.01 Å². The van der Waals surface area contributed by atoms with E-state index in [0.29, 0.717) is 5.82 Å². The number of anilines is 2. The summed E-state index contributed by atoms with van der Waals surface area (Å²) >= 11 is 1.10. The van der Waals surface area contributed by atoms with Crippen molar-refractivity contribution in [3.05, 3.63) is 40.7 Å². The molecule has 0 aliphatic heterocycles. The minimum Gasteiger partial charge on any atom is -0.476 e. The van der Waals surface area contributed by atoms with E-state index in [1.807, 2.05) is 30.3 Å². The molecular weight excluding hydrogens is 212 g/mol. The first-order valence-electron chi connectivity index (χ1n) is 4.26. The Morgan fingerprint density at radius 1 is 1.33 bits per heavy atom. The molecular formula is C10H8N2O2S. The topological polar surface area (TPSA) is 62.2 Å². The summed E-state index contributed by atoms with van der Waals surface area (Å²) in [6.07, 6.45) is 0. The van der Waals surface area contributed by atoms with Crippen LogP contribution in [0.5, 0.6) is 0 Å². The van der Waals surface area contributed by atoms with E-state index in [1.54, 1.807) is 5.38 Å². The van der Waals surface area contributed by atoms with E-state index >= 15 is 0 Å². The van der Waals surface area contributed by atoms with Gasteiger partial charge in [-0.2, -0.15) is 0 Å². The average Bonchev–Trinajstić information content (AvgIpc) is 2.68. The van der Waals surface area contributed by atoms with Crippen molar-refractivity contribution in [2.75, 3.05) is 5.32 Å². The van der Waals surface area contributed by atoms with Crippen molar-refractivity contribution in [1.82, 2.24) is 4.98 Å². The fourth-order valence-electron chi connectivity index (χ4n) is 1.10. The summed E-state index contributed by atoms with van der Waals surface area (Å²) in [6, 6.07) is 9.48. The van der Waals surface area contributed by atoms with E-state index in [9.17, 15) is 4.79 Å². The lowest BCUT2D eigenvalue weighted by molar-refractivity contribution is 0.0696. The highest BCUT2D eigenvalue weighted by molar-refractivity contribution is 7.11. The molecule has 0 unspecified atom stereocenters. The molecule has 0 amide bonds. The van der Waals surface area contributed by atoms with Gasteiger partial charge < -0.3 is 10.4 Å². The van der Waals surface area contributed by atoms with Gasteiger partial charge in [-0.15, -0.1) is 11.3 Å². The number of nitrogens with zero attached hydrogens (tertiary/aromatic N) is 1. The van der Waals surface area contributed by atoms with Crippen molar-refractivity contribution in [1.29, 1.82) is 0 Å². The van der Waals surface area contributed by atoms with Gasteiger partial charge in [-0.25, -0.2) is 9.78 Å². The molecule has 2 rings (SSSR count). The molecule has 0 aliphatic rings. The van der Waals surface area contributed by atoms with Crippen LogP contribution in [0.2, 0.25) is 0 Å². The molecule has 0 saturated heterocycles. The Balaban J connectivity index is 2.15. The zero-order valence-corrected chi connectivity index (χ0v) is 8.49. The number of rotatable bonds is 3. The Hall–Kier alpha value is -1.88. The van der Waals surface area contributed by atoms with Gasteiger partial charge in [0.15, 0.2) is 0 Å². The first-order chi connectivity index (χ1) is 7.25. The number of aromatic carboxylic acids is 1. The predicted octanol–water partition coefficient (Wildman–Crippen LogP) is 2.58. The van der Waals surface area contributed by atoms with Gasteiger partial charge in [0.25, 0.3) is 0 Å². The standard InChI is InChI=1S/C10H8N2O2S/c13-10(14)9-12-8(6-15-9)11-7-4-2-1-3-5-7/h1-6,11H,(H,13,14). The number of carboxylic acids is 1. The SMILES string of the molecule is O=C(O)c1nc(Nc2ccccc2)cs1. The molecule has 0 radical (unpaired) electrons. The largest absolute Gasteiger partial charge is 0.476 e. The molecule has 0 spiro atoms. The summed E-state index contributed by atoms with van der Waals surface area (Å²) in [6.45, 7) is 0. The van der Waals surface area contributed by atoms with Crippen LogP contribution in [0.4, 0.5) is 11.5 Å². The summed E-state index contributed by atoms with van der Waals surface area (Å²) in [5, 5.41) is 13.5. The molecule has 1 aromatic carbocycles. The van der Waals surface area contributed by atoms with Crippen LogP contribution in [0.1, 0.15) is 9.80 Å². The van der Waals surface area contributed by atoms with E-state index in [4.69, 9.17) is 5.11 Å². The van der Waals surface area contributed by atoms with Crippen LogP contribution in [0.25, 0.3) is 0 Å². The molecule has 2 aromatic rings. The van der Waals surface area contributed by atoms with Crippen molar-refractivity contribution in [3.8, 4) is 0 Å². The molecule has 0 aliphatic carbocycles. The highest BCUT2D eigenvalue weighted by atomic mass is 32.1. The fourth-order valence-corrected chi connectivity index (χ4v) is 1.69. The van der Waals surface area contributed by atoms with Gasteiger partial charge in [0.05, 0.1) is 0 Å². The zero-order chi connectivity index (χ0) is 10.7. The monoisotopic (exact) mass is 220 g/mol. The molecule has 0 bridgehead atoms. The second-order valence-electron chi connectivity index (χ2n) is 2.83. The van der Waals surface area contributed by atoms with Crippen LogP contribution in [0.3, 0.4) is 0 Å². The lowest BCUT2D eigenvalue weighted by Crippen LogP contribution is -1.96. The molecule has 1 heterocycles. The molecule has 0 fully saturated rings. The third kappa shape index (κ3) is 2.32. The number of benzene rings is 1. The number of hydrogen-bond acceptors (Lipinski definition) is 4. The van der Waals surface area contributed by atoms with Crippen LogP contribution in [0.15, 0.2) is 35.7 Å². The van der Waals surface area contributed by atoms with E-state index in [0.717, 1.165) is 17.0 Å². The number of para-hydroxylation sites is 1. The highest BCUT2D eigenvalue weighted by Crippen LogP contribution is 2.18. The van der Waals surface area contributed by atoms with Crippen LogP contribution < -0.4 is 5.32 Å². The Morgan fingerprint density at radius 2 is 2.07 bits per heavy atom. The lowest BCUT2D eigenvalue weighted by atomic mass is 10.3. The van der Waals surface area contributed by atoms with Gasteiger partial charge in [0.1, 0.15) is 5.82 Å². The van der Waals surface area contributed by atoms with Gasteiger partial charge in [-0.1, -0.05) is 18.2 Å². The normalized spacial score (nSPS) is 9.87. The molecule has 15 heavy (non-hydrogen) atoms. The second-order valence-corrected chi connectivity index (χ2v) is 3.69. The van der Waals surface area contributed by atoms with E-state index in [2.05, 4.69) is 10.3 Å². The Bertz CT molecular complexity index is 467. The maximum Gasteiger partial charge on any atom is 0.365 e. The number of thiazole rings is 1. The molecule has 5 heteroatoms. The number of carboxylic acid groups (broad SMARTS) is 1. The quantitative estimate of drug-likeness (QED) is 0.834. The molecule has 0 saturated carbocycles. The number of carbonyl (C=O) groups is 1. The highest BCUT2D eigenvalue weighted by Gasteiger charge is 2.08. The van der Waals surface area contributed by atoms with Gasteiger partial charge in [-0.05, 0) is 12.1 Å². The van der Waals surface area contributed by atoms with Crippen LogP contribution in [-0.2, 0) is 0 Å². The Morgan fingerprint density at radius 3 is 2.67 bits per heavy atom. The molecule has 0 atom stereocenters. The summed E-state index contributed by atoms with van der Waals surface area (Å²) in [7, 11) is 0. The smallest absolute Gasteiger partial charge is 0.365 e.